The highest BCUT2D eigenvalue weighted by Crippen LogP contribution is 2.13. The lowest BCUT2D eigenvalue weighted by Crippen LogP contribution is -2.49. The summed E-state index contributed by atoms with van der Waals surface area (Å²) in [5.74, 6) is -0.659. The Balaban J connectivity index is 2.19. The summed E-state index contributed by atoms with van der Waals surface area (Å²) in [5, 5.41) is 2.93. The molecule has 0 aliphatic heterocycles. The van der Waals surface area contributed by atoms with Crippen molar-refractivity contribution in [2.45, 2.75) is 52.2 Å². The van der Waals surface area contributed by atoms with Crippen LogP contribution in [0, 0.1) is 5.82 Å². The maximum atomic E-state index is 13.2. The van der Waals surface area contributed by atoms with E-state index in [-0.39, 0.29) is 36.6 Å². The second-order valence-corrected chi connectivity index (χ2v) is 6.80. The first-order valence-electron chi connectivity index (χ1n) is 9.29. The number of nitrogens with one attached hydrogen (secondary N) is 1. The molecule has 2 aromatic carbocycles. The lowest BCUT2D eigenvalue weighted by atomic mass is 10.1. The van der Waals surface area contributed by atoms with E-state index >= 15 is 0 Å². The molecule has 4 nitrogen and oxygen atoms in total. The van der Waals surface area contributed by atoms with Gasteiger partial charge in [-0.25, -0.2) is 4.39 Å². The molecule has 2 aromatic rings. The van der Waals surface area contributed by atoms with E-state index in [0.717, 1.165) is 17.5 Å². The van der Waals surface area contributed by atoms with E-state index in [0.29, 0.717) is 0 Å². The lowest BCUT2D eigenvalue weighted by Gasteiger charge is -2.29. The number of nitrogens with zero attached hydrogens (tertiary/aromatic N) is 1. The van der Waals surface area contributed by atoms with E-state index in [4.69, 9.17) is 0 Å². The summed E-state index contributed by atoms with van der Waals surface area (Å²) in [7, 11) is 0. The molecular formula is C22H27FN2O2. The van der Waals surface area contributed by atoms with E-state index < -0.39 is 6.04 Å². The summed E-state index contributed by atoms with van der Waals surface area (Å²) in [4.78, 5) is 27.1. The smallest absolute Gasteiger partial charge is 0.242 e. The van der Waals surface area contributed by atoms with E-state index in [9.17, 15) is 14.0 Å². The minimum atomic E-state index is -0.625. The van der Waals surface area contributed by atoms with Gasteiger partial charge < -0.3 is 10.2 Å². The molecule has 0 saturated carbocycles. The minimum Gasteiger partial charge on any atom is -0.352 e. The third-order valence-corrected chi connectivity index (χ3v) is 4.63. The fourth-order valence-electron chi connectivity index (χ4n) is 2.71. The van der Waals surface area contributed by atoms with E-state index in [1.165, 1.54) is 12.1 Å². The average Bonchev–Trinajstić information content (AvgIpc) is 2.67. The Morgan fingerprint density at radius 3 is 2.22 bits per heavy atom. The molecule has 0 saturated heterocycles. The number of benzene rings is 2. The number of carbonyl (C=O) groups excluding carboxylic acids is 2. The fraction of sp³-hybridized carbons (Fsp3) is 0.364. The zero-order valence-corrected chi connectivity index (χ0v) is 16.1. The van der Waals surface area contributed by atoms with Crippen molar-refractivity contribution < 1.29 is 14.0 Å². The van der Waals surface area contributed by atoms with Crippen LogP contribution < -0.4 is 5.32 Å². The molecule has 0 unspecified atom stereocenters. The van der Waals surface area contributed by atoms with E-state index in [1.54, 1.807) is 24.0 Å². The topological polar surface area (TPSA) is 49.4 Å². The molecule has 0 heterocycles. The maximum Gasteiger partial charge on any atom is 0.242 e. The molecule has 0 radical (unpaired) electrons. The lowest BCUT2D eigenvalue weighted by molar-refractivity contribution is -0.140. The van der Waals surface area contributed by atoms with Crippen LogP contribution in [0.5, 0.6) is 0 Å². The molecule has 2 rings (SSSR count). The summed E-state index contributed by atoms with van der Waals surface area (Å²) in [5.41, 5.74) is 1.67. The predicted molar refractivity (Wildman–Crippen MR) is 104 cm³/mol. The zero-order valence-electron chi connectivity index (χ0n) is 16.1. The first-order chi connectivity index (χ1) is 12.9. The van der Waals surface area contributed by atoms with Gasteiger partial charge in [0, 0.05) is 12.6 Å². The van der Waals surface area contributed by atoms with Gasteiger partial charge in [0.1, 0.15) is 11.9 Å². The molecule has 27 heavy (non-hydrogen) atoms. The van der Waals surface area contributed by atoms with Crippen LogP contribution in [0.1, 0.15) is 38.3 Å². The van der Waals surface area contributed by atoms with Crippen LogP contribution >= 0.6 is 0 Å². The average molecular weight is 370 g/mol. The largest absolute Gasteiger partial charge is 0.352 e. The van der Waals surface area contributed by atoms with Gasteiger partial charge in [0.15, 0.2) is 0 Å². The molecule has 1 N–H and O–H groups in total. The second kappa shape index (κ2) is 9.86. The number of amides is 2. The number of rotatable bonds is 8. The van der Waals surface area contributed by atoms with Gasteiger partial charge >= 0.3 is 0 Å². The number of halogens is 1. The Morgan fingerprint density at radius 2 is 1.63 bits per heavy atom. The van der Waals surface area contributed by atoms with Crippen molar-refractivity contribution in [3.63, 3.8) is 0 Å². The third-order valence-electron chi connectivity index (χ3n) is 4.63. The van der Waals surface area contributed by atoms with Gasteiger partial charge in [-0.1, -0.05) is 49.4 Å². The molecule has 0 spiro atoms. The van der Waals surface area contributed by atoms with E-state index in [2.05, 4.69) is 5.32 Å². The summed E-state index contributed by atoms with van der Waals surface area (Å²) >= 11 is 0. The highest BCUT2D eigenvalue weighted by Gasteiger charge is 2.26. The van der Waals surface area contributed by atoms with Crippen molar-refractivity contribution in [3.8, 4) is 0 Å². The SMILES string of the molecule is CC[C@@H](C)NC(=O)[C@H](C)N(Cc1ccc(F)cc1)C(=O)Cc1ccccc1. The monoisotopic (exact) mass is 370 g/mol. The first kappa shape index (κ1) is 20.6. The van der Waals surface area contributed by atoms with Gasteiger partial charge in [-0.05, 0) is 43.5 Å². The zero-order chi connectivity index (χ0) is 19.8. The normalized spacial score (nSPS) is 12.9. The Labute approximate surface area is 160 Å². The number of carbonyl (C=O) groups is 2. The molecule has 0 aliphatic carbocycles. The van der Waals surface area contributed by atoms with Crippen molar-refractivity contribution in [2.24, 2.45) is 0 Å². The van der Waals surface area contributed by atoms with Crippen LogP contribution in [0.4, 0.5) is 4.39 Å². The molecule has 0 bridgehead atoms. The summed E-state index contributed by atoms with van der Waals surface area (Å²) in [6.45, 7) is 5.90. The van der Waals surface area contributed by atoms with Crippen molar-refractivity contribution in [1.29, 1.82) is 0 Å². The van der Waals surface area contributed by atoms with Crippen LogP contribution in [-0.4, -0.2) is 28.8 Å². The Bertz CT molecular complexity index is 747. The van der Waals surface area contributed by atoms with Gasteiger partial charge in [-0.15, -0.1) is 0 Å². The minimum absolute atomic E-state index is 0.0387. The maximum absolute atomic E-state index is 13.2. The first-order valence-corrected chi connectivity index (χ1v) is 9.29. The molecule has 2 amide bonds. The van der Waals surface area contributed by atoms with Gasteiger partial charge in [0.25, 0.3) is 0 Å². The molecule has 0 aliphatic rings. The van der Waals surface area contributed by atoms with Crippen molar-refractivity contribution >= 4 is 11.8 Å². The molecular weight excluding hydrogens is 343 g/mol. The number of hydrogen-bond acceptors (Lipinski definition) is 2. The molecule has 144 valence electrons. The van der Waals surface area contributed by atoms with Crippen LogP contribution in [0.15, 0.2) is 54.6 Å². The predicted octanol–water partition coefficient (Wildman–Crippen LogP) is 3.70. The summed E-state index contributed by atoms with van der Waals surface area (Å²) in [6.07, 6.45) is 1.03. The van der Waals surface area contributed by atoms with Crippen molar-refractivity contribution in [3.05, 3.63) is 71.5 Å². The highest BCUT2D eigenvalue weighted by molar-refractivity contribution is 5.88. The fourth-order valence-corrected chi connectivity index (χ4v) is 2.71. The van der Waals surface area contributed by atoms with Gasteiger partial charge in [-0.3, -0.25) is 9.59 Å². The number of hydrogen-bond donors (Lipinski definition) is 1. The van der Waals surface area contributed by atoms with Crippen LogP contribution in [0.3, 0.4) is 0 Å². The Morgan fingerprint density at radius 1 is 1.00 bits per heavy atom. The molecule has 0 aromatic heterocycles. The van der Waals surface area contributed by atoms with E-state index in [1.807, 2.05) is 44.2 Å². The van der Waals surface area contributed by atoms with Gasteiger partial charge in [-0.2, -0.15) is 0 Å². The van der Waals surface area contributed by atoms with Crippen LogP contribution in [-0.2, 0) is 22.6 Å². The highest BCUT2D eigenvalue weighted by atomic mass is 19.1. The van der Waals surface area contributed by atoms with Crippen LogP contribution in [0.25, 0.3) is 0 Å². The quantitative estimate of drug-likeness (QED) is 0.770. The van der Waals surface area contributed by atoms with Gasteiger partial charge in [0.2, 0.25) is 11.8 Å². The van der Waals surface area contributed by atoms with Crippen LogP contribution in [0.2, 0.25) is 0 Å². The Hall–Kier alpha value is -2.69. The second-order valence-electron chi connectivity index (χ2n) is 6.80. The summed E-state index contributed by atoms with van der Waals surface area (Å²) < 4.78 is 13.2. The Kier molecular flexibility index (Phi) is 7.53. The third kappa shape index (κ3) is 6.20. The van der Waals surface area contributed by atoms with Crippen molar-refractivity contribution in [1.82, 2.24) is 10.2 Å². The molecule has 2 atom stereocenters. The molecule has 0 fully saturated rings. The summed E-state index contributed by atoms with van der Waals surface area (Å²) in [6, 6.07) is 14.8. The molecule has 5 heteroatoms. The van der Waals surface area contributed by atoms with Crippen molar-refractivity contribution in [2.75, 3.05) is 0 Å². The standard InChI is InChI=1S/C22H27FN2O2/c1-4-16(2)24-22(27)17(3)25(15-19-10-12-20(23)13-11-19)21(26)14-18-8-6-5-7-9-18/h5-13,16-17H,4,14-15H2,1-3H3,(H,24,27)/t16-,17+/m1/s1. The van der Waals surface area contributed by atoms with Gasteiger partial charge in [0.05, 0.1) is 6.42 Å².